The number of hydrogen-bond donors (Lipinski definition) is 2. The molecule has 7 heteroatoms. The lowest BCUT2D eigenvalue weighted by Gasteiger charge is -2.53. The molecule has 5 rings (SSSR count). The molecular weight excluding hydrogens is 292 g/mol. The second kappa shape index (κ2) is 3.07. The number of carbonyl (C=O) groups excluding carboxylic acids is 2. The summed E-state index contributed by atoms with van der Waals surface area (Å²) in [5.74, 6) is -2.51. The van der Waals surface area contributed by atoms with E-state index in [0.29, 0.717) is 0 Å². The first-order chi connectivity index (χ1) is 10.1. The van der Waals surface area contributed by atoms with Gasteiger partial charge in [-0.2, -0.15) is 0 Å². The van der Waals surface area contributed by atoms with Gasteiger partial charge in [0.1, 0.15) is 12.2 Å². The van der Waals surface area contributed by atoms with Crippen molar-refractivity contribution in [1.29, 1.82) is 0 Å². The van der Waals surface area contributed by atoms with Gasteiger partial charge in [0.15, 0.2) is 6.10 Å². The second-order valence-corrected chi connectivity index (χ2v) is 8.06. The van der Waals surface area contributed by atoms with E-state index in [4.69, 9.17) is 14.2 Å². The van der Waals surface area contributed by atoms with Crippen molar-refractivity contribution in [2.45, 2.75) is 62.3 Å². The Kier molecular flexibility index (Phi) is 1.85. The van der Waals surface area contributed by atoms with Crippen molar-refractivity contribution in [1.82, 2.24) is 0 Å². The van der Waals surface area contributed by atoms with Crippen LogP contribution in [0.5, 0.6) is 0 Å². The number of ether oxygens (including phenoxy) is 3. The lowest BCUT2D eigenvalue weighted by Crippen LogP contribution is -2.68. The summed E-state index contributed by atoms with van der Waals surface area (Å²) >= 11 is 0. The average Bonchev–Trinajstić information content (AvgIpc) is 2.85. The number of fused-ring (bicyclic) bond motifs is 4. The van der Waals surface area contributed by atoms with Gasteiger partial charge in [-0.1, -0.05) is 0 Å². The highest BCUT2D eigenvalue weighted by molar-refractivity contribution is 5.91. The van der Waals surface area contributed by atoms with E-state index in [1.807, 2.05) is 0 Å². The molecule has 0 aromatic rings. The van der Waals surface area contributed by atoms with Gasteiger partial charge in [0, 0.05) is 12.3 Å². The lowest BCUT2D eigenvalue weighted by molar-refractivity contribution is -0.223. The highest BCUT2D eigenvalue weighted by atomic mass is 16.7. The van der Waals surface area contributed by atoms with Gasteiger partial charge in [0.2, 0.25) is 5.60 Å². The van der Waals surface area contributed by atoms with Crippen LogP contribution in [0.25, 0.3) is 0 Å². The topological polar surface area (TPSA) is 106 Å². The van der Waals surface area contributed by atoms with E-state index < -0.39 is 64.3 Å². The van der Waals surface area contributed by atoms with Crippen LogP contribution in [0.2, 0.25) is 0 Å². The molecule has 2 aliphatic carbocycles. The Bertz CT molecular complexity index is 638. The Morgan fingerprint density at radius 3 is 2.59 bits per heavy atom. The monoisotopic (exact) mass is 310 g/mol. The van der Waals surface area contributed by atoms with Crippen molar-refractivity contribution in [2.24, 2.45) is 17.3 Å². The van der Waals surface area contributed by atoms with E-state index in [9.17, 15) is 19.8 Å². The molecular formula is C15H18O7. The Morgan fingerprint density at radius 1 is 1.27 bits per heavy atom. The summed E-state index contributed by atoms with van der Waals surface area (Å²) in [4.78, 5) is 24.8. The van der Waals surface area contributed by atoms with Crippen LogP contribution in [-0.2, 0) is 23.8 Å². The molecule has 0 aromatic heterocycles. The molecule has 1 spiro atoms. The molecule has 2 saturated carbocycles. The fraction of sp³-hybridized carbons (Fsp3) is 0.867. The van der Waals surface area contributed by atoms with E-state index in [2.05, 4.69) is 0 Å². The Labute approximate surface area is 126 Å². The molecule has 5 fully saturated rings. The molecule has 3 heterocycles. The van der Waals surface area contributed by atoms with Crippen molar-refractivity contribution in [3.8, 4) is 0 Å². The van der Waals surface area contributed by atoms with E-state index in [1.165, 1.54) is 0 Å². The molecule has 5 aliphatic rings. The van der Waals surface area contributed by atoms with Gasteiger partial charge >= 0.3 is 11.9 Å². The van der Waals surface area contributed by atoms with E-state index >= 15 is 0 Å². The minimum atomic E-state index is -1.47. The Balaban J connectivity index is 1.76. The summed E-state index contributed by atoms with van der Waals surface area (Å²) < 4.78 is 16.5. The summed E-state index contributed by atoms with van der Waals surface area (Å²) in [6, 6.07) is 0. The Hall–Kier alpha value is -1.18. The molecule has 7 nitrogen and oxygen atoms in total. The number of carbonyl (C=O) groups is 2. The number of hydrogen-bond acceptors (Lipinski definition) is 7. The van der Waals surface area contributed by atoms with E-state index in [0.717, 1.165) is 0 Å². The smallest absolute Gasteiger partial charge is 0.342 e. The van der Waals surface area contributed by atoms with Crippen LogP contribution in [0.15, 0.2) is 0 Å². The van der Waals surface area contributed by atoms with Crippen molar-refractivity contribution in [3.05, 3.63) is 0 Å². The van der Waals surface area contributed by atoms with Crippen molar-refractivity contribution in [2.75, 3.05) is 0 Å². The number of rotatable bonds is 1. The van der Waals surface area contributed by atoms with Crippen LogP contribution in [0.3, 0.4) is 0 Å². The van der Waals surface area contributed by atoms with Gasteiger partial charge in [0.05, 0.1) is 22.5 Å². The zero-order valence-corrected chi connectivity index (χ0v) is 12.5. The maximum atomic E-state index is 12.4. The summed E-state index contributed by atoms with van der Waals surface area (Å²) in [5, 5.41) is 21.9. The first-order valence-electron chi connectivity index (χ1n) is 7.63. The molecule has 0 amide bonds. The van der Waals surface area contributed by atoms with Crippen LogP contribution in [-0.4, -0.2) is 57.3 Å². The van der Waals surface area contributed by atoms with Crippen LogP contribution in [0.1, 0.15) is 27.2 Å². The maximum Gasteiger partial charge on any atom is 0.342 e. The molecule has 0 aromatic carbocycles. The lowest BCUT2D eigenvalue weighted by atomic mass is 9.52. The van der Waals surface area contributed by atoms with Crippen molar-refractivity contribution >= 4 is 11.9 Å². The SMILES string of the molecule is CC(C)(O)[C@@H]1[C@H]2OC(=O)[C@@H]1[C@@]1(O)C[C@H]3O[C@]34C(=O)O[C@H]2[C@]41C. The molecule has 22 heavy (non-hydrogen) atoms. The zero-order valence-electron chi connectivity index (χ0n) is 12.5. The molecule has 0 radical (unpaired) electrons. The van der Waals surface area contributed by atoms with Crippen LogP contribution >= 0.6 is 0 Å². The highest BCUT2D eigenvalue weighted by Gasteiger charge is 2.95. The minimum Gasteiger partial charge on any atom is -0.458 e. The third-order valence-corrected chi connectivity index (χ3v) is 6.85. The molecule has 0 unspecified atom stereocenters. The van der Waals surface area contributed by atoms with Gasteiger partial charge in [-0.3, -0.25) is 4.79 Å². The van der Waals surface area contributed by atoms with Gasteiger partial charge in [-0.05, 0) is 20.8 Å². The van der Waals surface area contributed by atoms with Gasteiger partial charge in [-0.25, -0.2) is 4.79 Å². The fourth-order valence-electron chi connectivity index (χ4n) is 5.83. The number of aliphatic hydroxyl groups is 2. The molecule has 120 valence electrons. The molecule has 8 atom stereocenters. The quantitative estimate of drug-likeness (QED) is 0.479. The van der Waals surface area contributed by atoms with Crippen molar-refractivity contribution < 1.29 is 34.0 Å². The van der Waals surface area contributed by atoms with Crippen LogP contribution < -0.4 is 0 Å². The van der Waals surface area contributed by atoms with E-state index in [1.54, 1.807) is 20.8 Å². The van der Waals surface area contributed by atoms with E-state index in [-0.39, 0.29) is 6.42 Å². The fourth-order valence-corrected chi connectivity index (χ4v) is 5.83. The van der Waals surface area contributed by atoms with Gasteiger partial charge in [0.25, 0.3) is 0 Å². The summed E-state index contributed by atoms with van der Waals surface area (Å²) in [7, 11) is 0. The summed E-state index contributed by atoms with van der Waals surface area (Å²) in [5.41, 5.74) is -4.89. The summed E-state index contributed by atoms with van der Waals surface area (Å²) in [6.07, 6.45) is -1.78. The van der Waals surface area contributed by atoms with Crippen LogP contribution in [0.4, 0.5) is 0 Å². The van der Waals surface area contributed by atoms with Gasteiger partial charge in [-0.15, -0.1) is 0 Å². The molecule has 3 aliphatic heterocycles. The largest absolute Gasteiger partial charge is 0.458 e. The predicted octanol–water partition coefficient (Wildman–Crippen LogP) is -0.867. The molecule has 3 saturated heterocycles. The maximum absolute atomic E-state index is 12.4. The zero-order chi connectivity index (χ0) is 15.9. The average molecular weight is 310 g/mol. The molecule has 2 N–H and O–H groups in total. The second-order valence-electron chi connectivity index (χ2n) is 8.06. The highest BCUT2D eigenvalue weighted by Crippen LogP contribution is 2.77. The first-order valence-corrected chi connectivity index (χ1v) is 7.63. The third-order valence-electron chi connectivity index (χ3n) is 6.85. The molecule has 2 bridgehead atoms. The van der Waals surface area contributed by atoms with Crippen LogP contribution in [0, 0.1) is 17.3 Å². The van der Waals surface area contributed by atoms with Crippen molar-refractivity contribution in [3.63, 3.8) is 0 Å². The first kappa shape index (κ1) is 13.3. The predicted molar refractivity (Wildman–Crippen MR) is 68.3 cm³/mol. The third kappa shape index (κ3) is 0.962. The number of epoxide rings is 1. The Morgan fingerprint density at radius 2 is 1.95 bits per heavy atom. The number of esters is 2. The van der Waals surface area contributed by atoms with Gasteiger partial charge < -0.3 is 24.4 Å². The minimum absolute atomic E-state index is 0.189. The standard InChI is InChI=1S/C15H18O7/c1-12(2,18)6-7-10(16)20-8(6)9-13(3)14(7,19)4-5-15(13,22-5)11(17)21-9/h5-9,18-19H,4H2,1-3H3/t5-,6+,7-,8-,9-,13+,14+,15+/m1/s1. The normalized spacial score (nSPS) is 60.7. The summed E-state index contributed by atoms with van der Waals surface area (Å²) in [6.45, 7) is 4.92.